The van der Waals surface area contributed by atoms with Crippen LogP contribution in [0.4, 0.5) is 18.9 Å². The maximum absolute atomic E-state index is 13.0. The maximum Gasteiger partial charge on any atom is 0.340 e. The summed E-state index contributed by atoms with van der Waals surface area (Å²) in [6.45, 7) is 0. The van der Waals surface area contributed by atoms with Gasteiger partial charge in [0.05, 0.1) is 0 Å². The summed E-state index contributed by atoms with van der Waals surface area (Å²) in [7, 11) is 0. The Hall–Kier alpha value is -1.72. The lowest BCUT2D eigenvalue weighted by molar-refractivity contribution is -0.144. The zero-order valence-corrected chi connectivity index (χ0v) is 8.11. The molecule has 0 aliphatic heterocycles. The molecule has 0 heterocycles. The molecule has 6 heteroatoms. The molecule has 0 fully saturated rings. The van der Waals surface area contributed by atoms with Crippen LogP contribution in [0.1, 0.15) is 0 Å². The first-order valence-corrected chi connectivity index (χ1v) is 4.49. The molecule has 0 amide bonds. The number of hydrogen-bond donors (Lipinski definition) is 2. The predicted molar refractivity (Wildman–Crippen MR) is 52.4 cm³/mol. The first-order chi connectivity index (χ1) is 7.52. The van der Waals surface area contributed by atoms with Gasteiger partial charge in [-0.05, 0) is 12.1 Å². The van der Waals surface area contributed by atoms with E-state index in [0.717, 1.165) is 0 Å². The summed E-state index contributed by atoms with van der Waals surface area (Å²) in [4.78, 5) is 10.3. The van der Waals surface area contributed by atoms with E-state index in [1.165, 1.54) is 12.1 Å². The number of para-hydroxylation sites is 1. The Kier molecular flexibility index (Phi) is 4.16. The Morgan fingerprint density at radius 2 is 1.75 bits per heavy atom. The van der Waals surface area contributed by atoms with Crippen molar-refractivity contribution in [2.45, 2.75) is 18.6 Å². The second kappa shape index (κ2) is 5.39. The van der Waals surface area contributed by atoms with Gasteiger partial charge in [0.1, 0.15) is 6.04 Å². The summed E-state index contributed by atoms with van der Waals surface area (Å²) in [5.41, 5.74) is 0.247. The highest BCUT2D eigenvalue weighted by molar-refractivity contribution is 5.74. The lowest BCUT2D eigenvalue weighted by Gasteiger charge is -2.20. The van der Waals surface area contributed by atoms with Gasteiger partial charge in [0.15, 0.2) is 0 Å². The molecule has 88 valence electrons. The Morgan fingerprint density at radius 3 is 2.19 bits per heavy atom. The molecule has 0 aliphatic carbocycles. The molecule has 0 radical (unpaired) electrons. The number of aliphatic carboxylic acids is 1. The molecule has 0 aliphatic rings. The summed E-state index contributed by atoms with van der Waals surface area (Å²) in [5.74, 6) is -1.91. The van der Waals surface area contributed by atoms with Gasteiger partial charge in [-0.3, -0.25) is 0 Å². The molecule has 0 spiro atoms. The molecule has 16 heavy (non-hydrogen) atoms. The Bertz CT molecular complexity index is 345. The molecule has 1 aromatic carbocycles. The molecule has 0 aromatic heterocycles. The van der Waals surface area contributed by atoms with E-state index in [1.54, 1.807) is 18.2 Å². The second-order valence-corrected chi connectivity index (χ2v) is 3.11. The smallest absolute Gasteiger partial charge is 0.340 e. The number of nitrogens with one attached hydrogen (secondary N) is 1. The summed E-state index contributed by atoms with van der Waals surface area (Å²) >= 11 is 0. The van der Waals surface area contributed by atoms with Gasteiger partial charge in [-0.15, -0.1) is 0 Å². The summed E-state index contributed by atoms with van der Waals surface area (Å²) in [6.07, 6.45) is -5.76. The van der Waals surface area contributed by atoms with Crippen molar-refractivity contribution in [3.05, 3.63) is 30.3 Å². The SMILES string of the molecule is O=C(O)C(F)C(Nc1ccccc1)C(F)F. The molecule has 2 unspecified atom stereocenters. The molecule has 1 rings (SSSR count). The average molecular weight is 233 g/mol. The second-order valence-electron chi connectivity index (χ2n) is 3.11. The number of rotatable bonds is 5. The van der Waals surface area contributed by atoms with Crippen LogP contribution in [0.2, 0.25) is 0 Å². The fourth-order valence-corrected chi connectivity index (χ4v) is 1.14. The standard InChI is InChI=1S/C10H10F3NO2/c11-7(10(15)16)8(9(12)13)14-6-4-2-1-3-5-6/h1-5,7-9,14H,(H,15,16). The monoisotopic (exact) mass is 233 g/mol. The molecule has 0 saturated heterocycles. The number of benzene rings is 1. The first-order valence-electron chi connectivity index (χ1n) is 4.49. The Balaban J connectivity index is 2.77. The number of alkyl halides is 3. The Morgan fingerprint density at radius 1 is 1.19 bits per heavy atom. The minimum Gasteiger partial charge on any atom is -0.479 e. The number of carbonyl (C=O) groups is 1. The molecule has 0 bridgehead atoms. The van der Waals surface area contributed by atoms with Crippen LogP contribution in [0.3, 0.4) is 0 Å². The third-order valence-corrected chi connectivity index (χ3v) is 1.93. The van der Waals surface area contributed by atoms with Crippen molar-refractivity contribution < 1.29 is 23.1 Å². The van der Waals surface area contributed by atoms with E-state index in [4.69, 9.17) is 5.11 Å². The highest BCUT2D eigenvalue weighted by Gasteiger charge is 2.35. The minimum absolute atomic E-state index is 0.247. The maximum atomic E-state index is 13.0. The zero-order chi connectivity index (χ0) is 12.1. The van der Waals surface area contributed by atoms with Gasteiger partial charge in [0.25, 0.3) is 6.43 Å². The zero-order valence-electron chi connectivity index (χ0n) is 8.11. The number of anilines is 1. The van der Waals surface area contributed by atoms with E-state index in [0.29, 0.717) is 0 Å². The number of carboxylic acid groups (broad SMARTS) is 1. The molecule has 3 nitrogen and oxygen atoms in total. The van der Waals surface area contributed by atoms with Crippen molar-refractivity contribution >= 4 is 11.7 Å². The fraction of sp³-hybridized carbons (Fsp3) is 0.300. The van der Waals surface area contributed by atoms with Gasteiger partial charge in [0.2, 0.25) is 6.17 Å². The molecule has 2 N–H and O–H groups in total. The van der Waals surface area contributed by atoms with E-state index in [-0.39, 0.29) is 5.69 Å². The van der Waals surface area contributed by atoms with Crippen LogP contribution in [0.5, 0.6) is 0 Å². The Labute approximate surface area is 89.9 Å². The molecule has 2 atom stereocenters. The highest BCUT2D eigenvalue weighted by Crippen LogP contribution is 2.16. The summed E-state index contributed by atoms with van der Waals surface area (Å²) < 4.78 is 37.8. The lowest BCUT2D eigenvalue weighted by Crippen LogP contribution is -2.41. The van der Waals surface area contributed by atoms with Gasteiger partial charge in [-0.1, -0.05) is 18.2 Å². The van der Waals surface area contributed by atoms with Crippen molar-refractivity contribution in [3.63, 3.8) is 0 Å². The van der Waals surface area contributed by atoms with Crippen molar-refractivity contribution in [2.24, 2.45) is 0 Å². The average Bonchev–Trinajstić information content (AvgIpc) is 2.26. The van der Waals surface area contributed by atoms with E-state index >= 15 is 0 Å². The van der Waals surface area contributed by atoms with Crippen molar-refractivity contribution in [1.82, 2.24) is 0 Å². The third kappa shape index (κ3) is 3.15. The molecular formula is C10H10F3NO2. The van der Waals surface area contributed by atoms with Gasteiger partial charge in [0, 0.05) is 5.69 Å². The van der Waals surface area contributed by atoms with Gasteiger partial charge in [-0.25, -0.2) is 18.0 Å². The lowest BCUT2D eigenvalue weighted by atomic mass is 10.1. The van der Waals surface area contributed by atoms with E-state index in [1.807, 2.05) is 0 Å². The predicted octanol–water partition coefficient (Wildman–Crippen LogP) is 2.15. The van der Waals surface area contributed by atoms with Gasteiger partial charge in [-0.2, -0.15) is 0 Å². The normalized spacial score (nSPS) is 14.5. The van der Waals surface area contributed by atoms with Crippen LogP contribution in [0, 0.1) is 0 Å². The van der Waals surface area contributed by atoms with Crippen LogP contribution in [0.25, 0.3) is 0 Å². The van der Waals surface area contributed by atoms with E-state index in [2.05, 4.69) is 5.32 Å². The molecule has 0 saturated carbocycles. The van der Waals surface area contributed by atoms with Crippen LogP contribution in [-0.2, 0) is 4.79 Å². The quantitative estimate of drug-likeness (QED) is 0.819. The van der Waals surface area contributed by atoms with Crippen molar-refractivity contribution in [1.29, 1.82) is 0 Å². The molecule has 1 aromatic rings. The van der Waals surface area contributed by atoms with Crippen LogP contribution in [0.15, 0.2) is 30.3 Å². The van der Waals surface area contributed by atoms with Gasteiger partial charge < -0.3 is 10.4 Å². The summed E-state index contributed by atoms with van der Waals surface area (Å²) in [5, 5.41) is 10.5. The van der Waals surface area contributed by atoms with E-state index in [9.17, 15) is 18.0 Å². The van der Waals surface area contributed by atoms with Crippen molar-refractivity contribution in [2.75, 3.05) is 5.32 Å². The molecular weight excluding hydrogens is 223 g/mol. The van der Waals surface area contributed by atoms with Crippen molar-refractivity contribution in [3.8, 4) is 0 Å². The summed E-state index contributed by atoms with van der Waals surface area (Å²) in [6, 6.07) is 5.64. The highest BCUT2D eigenvalue weighted by atomic mass is 19.3. The van der Waals surface area contributed by atoms with Crippen LogP contribution >= 0.6 is 0 Å². The fourth-order valence-electron chi connectivity index (χ4n) is 1.14. The third-order valence-electron chi connectivity index (χ3n) is 1.93. The van der Waals surface area contributed by atoms with Crippen LogP contribution in [-0.4, -0.2) is 29.7 Å². The largest absolute Gasteiger partial charge is 0.479 e. The minimum atomic E-state index is -3.11. The van der Waals surface area contributed by atoms with Gasteiger partial charge >= 0.3 is 5.97 Å². The van der Waals surface area contributed by atoms with Crippen LogP contribution < -0.4 is 5.32 Å². The number of carboxylic acids is 1. The van der Waals surface area contributed by atoms with E-state index < -0.39 is 24.6 Å². The topological polar surface area (TPSA) is 49.3 Å². The number of hydrogen-bond acceptors (Lipinski definition) is 2. The first kappa shape index (κ1) is 12.4. The number of halogens is 3.